The van der Waals surface area contributed by atoms with Gasteiger partial charge in [0.15, 0.2) is 0 Å². The second-order valence-electron chi connectivity index (χ2n) is 4.83. The minimum atomic E-state index is 0.934. The average Bonchev–Trinajstić information content (AvgIpc) is 3.05. The van der Waals surface area contributed by atoms with Crippen LogP contribution in [0.1, 0.15) is 5.56 Å². The molecule has 0 aliphatic carbocycles. The second kappa shape index (κ2) is 4.11. The van der Waals surface area contributed by atoms with Gasteiger partial charge in [0.1, 0.15) is 5.52 Å². The van der Waals surface area contributed by atoms with E-state index in [9.17, 15) is 0 Å². The van der Waals surface area contributed by atoms with Gasteiger partial charge in [-0.15, -0.1) is 11.3 Å². The molecule has 0 saturated carbocycles. The van der Waals surface area contributed by atoms with Gasteiger partial charge in [-0.05, 0) is 24.6 Å². The molecule has 0 aliphatic rings. The molecule has 4 nitrogen and oxygen atoms in total. The van der Waals surface area contributed by atoms with E-state index in [1.165, 1.54) is 10.3 Å². The van der Waals surface area contributed by atoms with Gasteiger partial charge in [-0.3, -0.25) is 4.68 Å². The van der Waals surface area contributed by atoms with E-state index in [0.29, 0.717) is 0 Å². The lowest BCUT2D eigenvalue weighted by Crippen LogP contribution is -1.93. The zero-order chi connectivity index (χ0) is 13.7. The summed E-state index contributed by atoms with van der Waals surface area (Å²) in [7, 11) is 1.95. The molecule has 3 aromatic heterocycles. The molecule has 1 aromatic carbocycles. The Hall–Kier alpha value is -2.27. The molecule has 0 bridgehead atoms. The highest BCUT2D eigenvalue weighted by Crippen LogP contribution is 2.31. The van der Waals surface area contributed by atoms with Crippen LogP contribution >= 0.6 is 11.3 Å². The Morgan fingerprint density at radius 3 is 3.00 bits per heavy atom. The summed E-state index contributed by atoms with van der Waals surface area (Å²) in [5, 5.41) is 4.29. The smallest absolute Gasteiger partial charge is 0.109 e. The molecule has 98 valence electrons. The summed E-state index contributed by atoms with van der Waals surface area (Å²) in [5.74, 6) is 0. The number of aryl methyl sites for hydroxylation is 2. The van der Waals surface area contributed by atoms with E-state index in [1.807, 2.05) is 35.6 Å². The van der Waals surface area contributed by atoms with Gasteiger partial charge in [0.25, 0.3) is 0 Å². The third-order valence-corrected chi connectivity index (χ3v) is 4.40. The molecule has 0 unspecified atom stereocenters. The van der Waals surface area contributed by atoms with Crippen LogP contribution in [0.5, 0.6) is 0 Å². The Bertz CT molecular complexity index is 936. The largest absolute Gasteiger partial charge is 0.266 e. The number of fused-ring (bicyclic) bond motifs is 2. The highest BCUT2D eigenvalue weighted by molar-refractivity contribution is 7.17. The minimum absolute atomic E-state index is 0.934. The fraction of sp³-hybridized carbons (Fsp3) is 0.133. The highest BCUT2D eigenvalue weighted by Gasteiger charge is 2.11. The van der Waals surface area contributed by atoms with Crippen LogP contribution in [0.15, 0.2) is 36.0 Å². The van der Waals surface area contributed by atoms with E-state index in [0.717, 1.165) is 27.8 Å². The van der Waals surface area contributed by atoms with Crippen LogP contribution in [-0.2, 0) is 7.05 Å². The van der Waals surface area contributed by atoms with Gasteiger partial charge in [-0.2, -0.15) is 5.10 Å². The van der Waals surface area contributed by atoms with Crippen LogP contribution in [0.2, 0.25) is 0 Å². The molecule has 0 N–H and O–H groups in total. The maximum Gasteiger partial charge on any atom is 0.109 e. The van der Waals surface area contributed by atoms with Crippen LogP contribution < -0.4 is 0 Å². The van der Waals surface area contributed by atoms with Gasteiger partial charge < -0.3 is 0 Å². The van der Waals surface area contributed by atoms with Crippen molar-refractivity contribution in [1.82, 2.24) is 19.7 Å². The van der Waals surface area contributed by atoms with Crippen molar-refractivity contribution in [3.63, 3.8) is 0 Å². The van der Waals surface area contributed by atoms with Gasteiger partial charge in [-0.1, -0.05) is 12.1 Å². The number of hydrogen-bond donors (Lipinski definition) is 0. The molecule has 0 atom stereocenters. The van der Waals surface area contributed by atoms with Gasteiger partial charge in [0.2, 0.25) is 0 Å². The van der Waals surface area contributed by atoms with Crippen molar-refractivity contribution < 1.29 is 0 Å². The molecule has 0 aliphatic heterocycles. The Kier molecular flexibility index (Phi) is 2.37. The normalized spacial score (nSPS) is 11.5. The van der Waals surface area contributed by atoms with Gasteiger partial charge in [0, 0.05) is 12.6 Å². The molecule has 3 heterocycles. The number of aromatic nitrogens is 4. The number of benzene rings is 1. The first-order valence-corrected chi connectivity index (χ1v) is 7.24. The quantitative estimate of drug-likeness (QED) is 0.535. The zero-order valence-electron chi connectivity index (χ0n) is 11.2. The molecular weight excluding hydrogens is 268 g/mol. The first-order chi connectivity index (χ1) is 9.74. The summed E-state index contributed by atoms with van der Waals surface area (Å²) in [6.07, 6.45) is 1.82. The Labute approximate surface area is 119 Å². The Morgan fingerprint density at radius 1 is 1.20 bits per heavy atom. The van der Waals surface area contributed by atoms with Crippen LogP contribution in [0, 0.1) is 6.92 Å². The van der Waals surface area contributed by atoms with Gasteiger partial charge >= 0.3 is 0 Å². The minimum Gasteiger partial charge on any atom is -0.266 e. The lowest BCUT2D eigenvalue weighted by molar-refractivity contribution is 0.794. The fourth-order valence-corrected chi connectivity index (χ4v) is 3.44. The lowest BCUT2D eigenvalue weighted by atomic mass is 10.1. The predicted octanol–water partition coefficient (Wildman–Crippen LogP) is 3.55. The van der Waals surface area contributed by atoms with Crippen molar-refractivity contribution in [2.45, 2.75) is 6.92 Å². The van der Waals surface area contributed by atoms with E-state index in [2.05, 4.69) is 29.1 Å². The molecule has 5 heteroatoms. The van der Waals surface area contributed by atoms with E-state index in [4.69, 9.17) is 4.98 Å². The first-order valence-electron chi connectivity index (χ1n) is 6.36. The summed E-state index contributed by atoms with van der Waals surface area (Å²) < 4.78 is 3.05. The van der Waals surface area contributed by atoms with Crippen LogP contribution in [0.25, 0.3) is 32.5 Å². The van der Waals surface area contributed by atoms with E-state index in [1.54, 1.807) is 11.3 Å². The fourth-order valence-electron chi connectivity index (χ4n) is 2.63. The van der Waals surface area contributed by atoms with E-state index < -0.39 is 0 Å². The average molecular weight is 280 g/mol. The lowest BCUT2D eigenvalue weighted by Gasteiger charge is -2.05. The Morgan fingerprint density at radius 2 is 2.10 bits per heavy atom. The van der Waals surface area contributed by atoms with Crippen molar-refractivity contribution in [2.75, 3.05) is 0 Å². The van der Waals surface area contributed by atoms with Gasteiger partial charge in [0.05, 0.1) is 33.1 Å². The molecule has 0 saturated heterocycles. The summed E-state index contributed by atoms with van der Waals surface area (Å²) in [4.78, 5) is 9.12. The molecular formula is C15H12N4S. The van der Waals surface area contributed by atoms with Crippen LogP contribution in [0.3, 0.4) is 0 Å². The summed E-state index contributed by atoms with van der Waals surface area (Å²) in [6, 6.07) is 8.29. The van der Waals surface area contributed by atoms with Crippen molar-refractivity contribution in [2.24, 2.45) is 7.05 Å². The predicted molar refractivity (Wildman–Crippen MR) is 81.9 cm³/mol. The highest BCUT2D eigenvalue weighted by atomic mass is 32.1. The standard InChI is InChI=1S/C15H12N4S/c1-9-6-12(18-13-7-17-19(2)14(9)13)10-4-3-5-11-15(10)20-8-16-11/h3-8H,1-2H3. The third-order valence-electron chi connectivity index (χ3n) is 3.52. The van der Waals surface area contributed by atoms with E-state index >= 15 is 0 Å². The van der Waals surface area contributed by atoms with Gasteiger partial charge in [-0.25, -0.2) is 9.97 Å². The maximum atomic E-state index is 4.75. The Balaban J connectivity index is 2.05. The number of rotatable bonds is 1. The van der Waals surface area contributed by atoms with Crippen molar-refractivity contribution >= 4 is 32.6 Å². The zero-order valence-corrected chi connectivity index (χ0v) is 12.0. The number of nitrogens with zero attached hydrogens (tertiary/aromatic N) is 4. The number of thiazole rings is 1. The van der Waals surface area contributed by atoms with Crippen LogP contribution in [-0.4, -0.2) is 19.7 Å². The molecule has 0 fully saturated rings. The van der Waals surface area contributed by atoms with Crippen molar-refractivity contribution in [3.05, 3.63) is 41.5 Å². The molecule has 4 rings (SSSR count). The second-order valence-corrected chi connectivity index (χ2v) is 5.69. The molecule has 20 heavy (non-hydrogen) atoms. The summed E-state index contributed by atoms with van der Waals surface area (Å²) in [5.41, 5.74) is 8.24. The SMILES string of the molecule is Cc1cc(-c2cccc3ncsc23)nc2cnn(C)c12. The molecule has 4 aromatic rings. The molecule has 0 spiro atoms. The molecule has 0 amide bonds. The topological polar surface area (TPSA) is 43.6 Å². The first kappa shape index (κ1) is 11.5. The van der Waals surface area contributed by atoms with Crippen LogP contribution in [0.4, 0.5) is 0 Å². The summed E-state index contributed by atoms with van der Waals surface area (Å²) >= 11 is 1.65. The van der Waals surface area contributed by atoms with Crippen molar-refractivity contribution in [1.29, 1.82) is 0 Å². The maximum absolute atomic E-state index is 4.75. The molecule has 0 radical (unpaired) electrons. The van der Waals surface area contributed by atoms with E-state index in [-0.39, 0.29) is 0 Å². The third kappa shape index (κ3) is 1.56. The van der Waals surface area contributed by atoms with Crippen molar-refractivity contribution in [3.8, 4) is 11.3 Å². The number of hydrogen-bond acceptors (Lipinski definition) is 4. The summed E-state index contributed by atoms with van der Waals surface area (Å²) in [6.45, 7) is 2.10. The number of pyridine rings is 1. The monoisotopic (exact) mass is 280 g/mol.